The average molecular weight is 378 g/mol. The highest BCUT2D eigenvalue weighted by molar-refractivity contribution is 5.96. The molecule has 1 fully saturated rings. The molecular formula is C21H22N4O3. The number of carbonyl (C=O) groups is 2. The molecule has 0 unspecified atom stereocenters. The first-order valence-electron chi connectivity index (χ1n) is 9.37. The minimum Gasteiger partial charge on any atom is -0.423 e. The number of oxazole rings is 1. The summed E-state index contributed by atoms with van der Waals surface area (Å²) >= 11 is 0. The number of rotatable bonds is 4. The quantitative estimate of drug-likeness (QED) is 0.729. The molecule has 1 aromatic heterocycles. The summed E-state index contributed by atoms with van der Waals surface area (Å²) in [6.45, 7) is 1.45. The molecule has 7 nitrogen and oxygen atoms in total. The maximum absolute atomic E-state index is 12.6. The standard InChI is InChI=1S/C21H22N4O3/c1-22-19(26)14-6-8-16(9-7-14)23-20(27)15-10-12-25(13-11-15)21-24-17-4-2-3-5-18(17)28-21/h2-9,15H,10-13H2,1H3,(H,22,26)(H,23,27). The molecule has 3 aromatic rings. The first-order chi connectivity index (χ1) is 13.6. The summed E-state index contributed by atoms with van der Waals surface area (Å²) in [5.74, 6) is -0.200. The van der Waals surface area contributed by atoms with Crippen LogP contribution in [0, 0.1) is 5.92 Å². The highest BCUT2D eigenvalue weighted by Crippen LogP contribution is 2.27. The molecule has 2 amide bonds. The van der Waals surface area contributed by atoms with Gasteiger partial charge in [-0.25, -0.2) is 0 Å². The van der Waals surface area contributed by atoms with E-state index in [-0.39, 0.29) is 17.7 Å². The van der Waals surface area contributed by atoms with Crippen molar-refractivity contribution < 1.29 is 14.0 Å². The van der Waals surface area contributed by atoms with Crippen molar-refractivity contribution in [2.24, 2.45) is 5.92 Å². The zero-order chi connectivity index (χ0) is 19.5. The molecule has 2 N–H and O–H groups in total. The van der Waals surface area contributed by atoms with Crippen molar-refractivity contribution in [3.05, 3.63) is 54.1 Å². The topological polar surface area (TPSA) is 87.5 Å². The first-order valence-corrected chi connectivity index (χ1v) is 9.37. The van der Waals surface area contributed by atoms with E-state index in [4.69, 9.17) is 4.42 Å². The molecule has 0 saturated carbocycles. The Balaban J connectivity index is 1.34. The van der Waals surface area contributed by atoms with Crippen molar-refractivity contribution in [1.29, 1.82) is 0 Å². The minimum atomic E-state index is -0.149. The van der Waals surface area contributed by atoms with Gasteiger partial charge in [0.2, 0.25) is 5.91 Å². The van der Waals surface area contributed by atoms with Crippen LogP contribution in [0.3, 0.4) is 0 Å². The number of amides is 2. The Morgan fingerprint density at radius 3 is 2.46 bits per heavy atom. The monoisotopic (exact) mass is 378 g/mol. The average Bonchev–Trinajstić information content (AvgIpc) is 3.18. The summed E-state index contributed by atoms with van der Waals surface area (Å²) in [5.41, 5.74) is 2.88. The van der Waals surface area contributed by atoms with Crippen molar-refractivity contribution in [2.45, 2.75) is 12.8 Å². The van der Waals surface area contributed by atoms with Gasteiger partial charge in [-0.15, -0.1) is 0 Å². The zero-order valence-electron chi connectivity index (χ0n) is 15.6. The van der Waals surface area contributed by atoms with Crippen LogP contribution in [0.1, 0.15) is 23.2 Å². The smallest absolute Gasteiger partial charge is 0.298 e. The number of anilines is 2. The lowest BCUT2D eigenvalue weighted by Gasteiger charge is -2.30. The van der Waals surface area contributed by atoms with Crippen LogP contribution in [-0.4, -0.2) is 36.9 Å². The van der Waals surface area contributed by atoms with Gasteiger partial charge in [0.25, 0.3) is 11.9 Å². The van der Waals surface area contributed by atoms with Gasteiger partial charge in [0.05, 0.1) is 0 Å². The highest BCUT2D eigenvalue weighted by Gasteiger charge is 2.27. The Kier molecular flexibility index (Phi) is 4.97. The first kappa shape index (κ1) is 18.0. The molecule has 0 bridgehead atoms. The Morgan fingerprint density at radius 2 is 1.79 bits per heavy atom. The molecule has 7 heteroatoms. The summed E-state index contributed by atoms with van der Waals surface area (Å²) in [6, 6.07) is 15.2. The molecule has 144 valence electrons. The van der Waals surface area contributed by atoms with E-state index in [1.165, 1.54) is 0 Å². The fourth-order valence-electron chi connectivity index (χ4n) is 3.42. The second kappa shape index (κ2) is 7.72. The number of aromatic nitrogens is 1. The molecule has 1 aliphatic heterocycles. The van der Waals surface area contributed by atoms with E-state index in [9.17, 15) is 9.59 Å². The number of benzene rings is 2. The summed E-state index contributed by atoms with van der Waals surface area (Å²) < 4.78 is 5.82. The van der Waals surface area contributed by atoms with Gasteiger partial charge in [-0.05, 0) is 49.2 Å². The summed E-state index contributed by atoms with van der Waals surface area (Å²) in [5, 5.41) is 5.52. The number of para-hydroxylation sites is 2. The third-order valence-corrected chi connectivity index (χ3v) is 5.06. The van der Waals surface area contributed by atoms with Crippen molar-refractivity contribution in [1.82, 2.24) is 10.3 Å². The van der Waals surface area contributed by atoms with Gasteiger partial charge in [-0.1, -0.05) is 12.1 Å². The number of piperidine rings is 1. The van der Waals surface area contributed by atoms with Gasteiger partial charge >= 0.3 is 0 Å². The molecule has 1 aliphatic rings. The van der Waals surface area contributed by atoms with Crippen LogP contribution in [0.25, 0.3) is 11.1 Å². The van der Waals surface area contributed by atoms with E-state index in [0.717, 1.165) is 37.0 Å². The molecule has 2 aromatic carbocycles. The number of fused-ring (bicyclic) bond motifs is 1. The lowest BCUT2D eigenvalue weighted by molar-refractivity contribution is -0.120. The van der Waals surface area contributed by atoms with Crippen LogP contribution in [0.2, 0.25) is 0 Å². The third kappa shape index (κ3) is 3.69. The Hall–Kier alpha value is -3.35. The second-order valence-electron chi connectivity index (χ2n) is 6.87. The molecule has 0 radical (unpaired) electrons. The summed E-state index contributed by atoms with van der Waals surface area (Å²) in [4.78, 5) is 30.8. The number of hydrogen-bond acceptors (Lipinski definition) is 5. The molecule has 0 spiro atoms. The normalized spacial score (nSPS) is 14.8. The lowest BCUT2D eigenvalue weighted by Crippen LogP contribution is -2.38. The van der Waals surface area contributed by atoms with Gasteiger partial charge in [-0.3, -0.25) is 9.59 Å². The molecule has 0 aliphatic carbocycles. The Labute approximate surface area is 162 Å². The van der Waals surface area contributed by atoms with Gasteiger partial charge in [0.15, 0.2) is 5.58 Å². The van der Waals surface area contributed by atoms with Crippen LogP contribution < -0.4 is 15.5 Å². The van der Waals surface area contributed by atoms with Crippen LogP contribution in [0.4, 0.5) is 11.7 Å². The van der Waals surface area contributed by atoms with E-state index >= 15 is 0 Å². The molecule has 1 saturated heterocycles. The summed E-state index contributed by atoms with van der Waals surface area (Å²) in [7, 11) is 1.59. The Morgan fingerprint density at radius 1 is 1.07 bits per heavy atom. The maximum atomic E-state index is 12.6. The van der Waals surface area contributed by atoms with Gasteiger partial charge in [-0.2, -0.15) is 4.98 Å². The van der Waals surface area contributed by atoms with Crippen LogP contribution in [-0.2, 0) is 4.79 Å². The van der Waals surface area contributed by atoms with Crippen LogP contribution in [0.15, 0.2) is 52.9 Å². The minimum absolute atomic E-state index is 0.00454. The fourth-order valence-corrected chi connectivity index (χ4v) is 3.42. The SMILES string of the molecule is CNC(=O)c1ccc(NC(=O)C2CCN(c3nc4ccccc4o3)CC2)cc1. The number of carbonyl (C=O) groups excluding carboxylic acids is 2. The fraction of sp³-hybridized carbons (Fsp3) is 0.286. The van der Waals surface area contributed by atoms with Crippen LogP contribution in [0.5, 0.6) is 0 Å². The van der Waals surface area contributed by atoms with Crippen LogP contribution >= 0.6 is 0 Å². The third-order valence-electron chi connectivity index (χ3n) is 5.06. The largest absolute Gasteiger partial charge is 0.423 e. The van der Waals surface area contributed by atoms with E-state index in [2.05, 4.69) is 20.5 Å². The lowest BCUT2D eigenvalue weighted by atomic mass is 9.96. The van der Waals surface area contributed by atoms with E-state index in [0.29, 0.717) is 17.3 Å². The van der Waals surface area contributed by atoms with Crippen molar-refractivity contribution in [3.63, 3.8) is 0 Å². The summed E-state index contributed by atoms with van der Waals surface area (Å²) in [6.07, 6.45) is 1.47. The second-order valence-corrected chi connectivity index (χ2v) is 6.87. The van der Waals surface area contributed by atoms with E-state index in [1.54, 1.807) is 31.3 Å². The van der Waals surface area contributed by atoms with Crippen molar-refractivity contribution in [2.75, 3.05) is 30.4 Å². The molecule has 0 atom stereocenters. The zero-order valence-corrected chi connectivity index (χ0v) is 15.6. The van der Waals surface area contributed by atoms with Gasteiger partial charge < -0.3 is 20.0 Å². The predicted molar refractivity (Wildman–Crippen MR) is 107 cm³/mol. The number of nitrogens with one attached hydrogen (secondary N) is 2. The number of nitrogens with zero attached hydrogens (tertiary/aromatic N) is 2. The maximum Gasteiger partial charge on any atom is 0.298 e. The highest BCUT2D eigenvalue weighted by atomic mass is 16.4. The van der Waals surface area contributed by atoms with Crippen molar-refractivity contribution >= 4 is 34.6 Å². The van der Waals surface area contributed by atoms with Gasteiger partial charge in [0.1, 0.15) is 5.52 Å². The molecular weight excluding hydrogens is 356 g/mol. The van der Waals surface area contributed by atoms with Gasteiger partial charge in [0, 0.05) is 37.3 Å². The molecule has 28 heavy (non-hydrogen) atoms. The van der Waals surface area contributed by atoms with Crippen molar-refractivity contribution in [3.8, 4) is 0 Å². The number of hydrogen-bond donors (Lipinski definition) is 2. The van der Waals surface area contributed by atoms with E-state index in [1.807, 2.05) is 24.3 Å². The Bertz CT molecular complexity index is 955. The predicted octanol–water partition coefficient (Wildman–Crippen LogP) is 3.04. The molecule has 2 heterocycles. The molecule has 4 rings (SSSR count). The van der Waals surface area contributed by atoms with E-state index < -0.39 is 0 Å².